The zero-order valence-corrected chi connectivity index (χ0v) is 10.7. The number of fused-ring (bicyclic) bond motifs is 1. The first kappa shape index (κ1) is 11.4. The minimum absolute atomic E-state index is 0.238. The fraction of sp³-hybridized carbons (Fsp3) is 0.429. The van der Waals surface area contributed by atoms with E-state index in [4.69, 9.17) is 4.74 Å². The van der Waals surface area contributed by atoms with Crippen LogP contribution in [-0.4, -0.2) is 35.3 Å². The second kappa shape index (κ2) is 4.53. The first-order chi connectivity index (χ1) is 8.72. The Bertz CT molecular complexity index is 547. The monoisotopic (exact) mass is 243 g/mol. The van der Waals surface area contributed by atoms with E-state index in [0.717, 1.165) is 29.9 Å². The summed E-state index contributed by atoms with van der Waals surface area (Å²) in [7, 11) is 0. The van der Waals surface area contributed by atoms with Crippen molar-refractivity contribution in [2.75, 3.05) is 18.0 Å². The van der Waals surface area contributed by atoms with Gasteiger partial charge in [0.05, 0.1) is 29.4 Å². The van der Waals surface area contributed by atoms with Gasteiger partial charge in [-0.1, -0.05) is 12.1 Å². The zero-order valence-electron chi connectivity index (χ0n) is 10.7. The van der Waals surface area contributed by atoms with Gasteiger partial charge in [-0.15, -0.1) is 0 Å². The Morgan fingerprint density at radius 3 is 2.50 bits per heavy atom. The number of para-hydroxylation sites is 2. The highest BCUT2D eigenvalue weighted by molar-refractivity contribution is 5.75. The minimum Gasteiger partial charge on any atom is -0.372 e. The van der Waals surface area contributed by atoms with Crippen LogP contribution in [0, 0.1) is 0 Å². The highest BCUT2D eigenvalue weighted by Crippen LogP contribution is 2.19. The van der Waals surface area contributed by atoms with Gasteiger partial charge in [0.2, 0.25) is 0 Å². The molecule has 2 atom stereocenters. The van der Waals surface area contributed by atoms with E-state index >= 15 is 0 Å². The van der Waals surface area contributed by atoms with Crippen LogP contribution in [0.15, 0.2) is 30.5 Å². The van der Waals surface area contributed by atoms with Gasteiger partial charge in [0.15, 0.2) is 0 Å². The minimum atomic E-state index is 0.238. The molecule has 4 nitrogen and oxygen atoms in total. The summed E-state index contributed by atoms with van der Waals surface area (Å²) in [6, 6.07) is 7.96. The third-order valence-electron chi connectivity index (χ3n) is 3.18. The molecule has 1 aromatic carbocycles. The molecule has 0 bridgehead atoms. The number of morpholine rings is 1. The van der Waals surface area contributed by atoms with Gasteiger partial charge in [-0.25, -0.2) is 4.98 Å². The Hall–Kier alpha value is -1.68. The van der Waals surface area contributed by atoms with Gasteiger partial charge in [-0.2, -0.15) is 0 Å². The molecule has 2 heterocycles. The molecule has 18 heavy (non-hydrogen) atoms. The Labute approximate surface area is 107 Å². The Morgan fingerprint density at radius 2 is 1.78 bits per heavy atom. The van der Waals surface area contributed by atoms with Crippen LogP contribution in [0.1, 0.15) is 13.8 Å². The van der Waals surface area contributed by atoms with E-state index in [9.17, 15) is 0 Å². The van der Waals surface area contributed by atoms with Crippen molar-refractivity contribution in [3.8, 4) is 0 Å². The summed E-state index contributed by atoms with van der Waals surface area (Å²) in [5.41, 5.74) is 1.89. The molecular formula is C14H17N3O. The van der Waals surface area contributed by atoms with Crippen molar-refractivity contribution in [1.82, 2.24) is 9.97 Å². The van der Waals surface area contributed by atoms with E-state index in [1.165, 1.54) is 0 Å². The second-order valence-corrected chi connectivity index (χ2v) is 4.88. The van der Waals surface area contributed by atoms with E-state index in [2.05, 4.69) is 28.7 Å². The number of rotatable bonds is 1. The highest BCUT2D eigenvalue weighted by atomic mass is 16.5. The van der Waals surface area contributed by atoms with Gasteiger partial charge in [-0.3, -0.25) is 4.98 Å². The van der Waals surface area contributed by atoms with Crippen molar-refractivity contribution >= 4 is 16.9 Å². The van der Waals surface area contributed by atoms with Gasteiger partial charge in [0.25, 0.3) is 0 Å². The van der Waals surface area contributed by atoms with Crippen LogP contribution in [0.2, 0.25) is 0 Å². The lowest BCUT2D eigenvalue weighted by molar-refractivity contribution is -0.00545. The van der Waals surface area contributed by atoms with Crippen LogP contribution in [0.25, 0.3) is 11.0 Å². The lowest BCUT2D eigenvalue weighted by Crippen LogP contribution is -2.45. The quantitative estimate of drug-likeness (QED) is 0.770. The number of hydrogen-bond acceptors (Lipinski definition) is 4. The van der Waals surface area contributed by atoms with Crippen LogP contribution >= 0.6 is 0 Å². The van der Waals surface area contributed by atoms with Crippen molar-refractivity contribution in [2.45, 2.75) is 26.1 Å². The maximum absolute atomic E-state index is 5.74. The van der Waals surface area contributed by atoms with Crippen molar-refractivity contribution < 1.29 is 4.74 Å². The van der Waals surface area contributed by atoms with E-state index in [-0.39, 0.29) is 12.2 Å². The average molecular weight is 243 g/mol. The molecule has 0 saturated carbocycles. The van der Waals surface area contributed by atoms with Gasteiger partial charge < -0.3 is 9.64 Å². The lowest BCUT2D eigenvalue weighted by atomic mass is 10.2. The topological polar surface area (TPSA) is 38.2 Å². The average Bonchev–Trinajstić information content (AvgIpc) is 2.37. The Morgan fingerprint density at radius 1 is 1.11 bits per heavy atom. The molecule has 0 spiro atoms. The molecular weight excluding hydrogens is 226 g/mol. The molecule has 2 aromatic rings. The molecule has 1 fully saturated rings. The van der Waals surface area contributed by atoms with Crippen LogP contribution in [0.5, 0.6) is 0 Å². The number of ether oxygens (including phenoxy) is 1. The van der Waals surface area contributed by atoms with Gasteiger partial charge in [0, 0.05) is 13.1 Å². The molecule has 4 heteroatoms. The number of nitrogens with zero attached hydrogens (tertiary/aromatic N) is 3. The summed E-state index contributed by atoms with van der Waals surface area (Å²) in [5, 5.41) is 0. The summed E-state index contributed by atoms with van der Waals surface area (Å²) in [6.07, 6.45) is 2.33. The van der Waals surface area contributed by atoms with Gasteiger partial charge in [-0.05, 0) is 26.0 Å². The summed E-state index contributed by atoms with van der Waals surface area (Å²) >= 11 is 0. The van der Waals surface area contributed by atoms with Crippen LogP contribution < -0.4 is 4.90 Å². The largest absolute Gasteiger partial charge is 0.372 e. The highest BCUT2D eigenvalue weighted by Gasteiger charge is 2.23. The van der Waals surface area contributed by atoms with Crippen molar-refractivity contribution in [1.29, 1.82) is 0 Å². The van der Waals surface area contributed by atoms with Gasteiger partial charge >= 0.3 is 0 Å². The molecule has 1 saturated heterocycles. The molecule has 0 aliphatic carbocycles. The van der Waals surface area contributed by atoms with E-state index < -0.39 is 0 Å². The third kappa shape index (κ3) is 2.16. The molecule has 0 amide bonds. The second-order valence-electron chi connectivity index (χ2n) is 4.88. The maximum Gasteiger partial charge on any atom is 0.148 e. The van der Waals surface area contributed by atoms with Crippen molar-refractivity contribution in [3.63, 3.8) is 0 Å². The van der Waals surface area contributed by atoms with E-state index in [1.807, 2.05) is 30.5 Å². The molecule has 1 aliphatic rings. The van der Waals surface area contributed by atoms with Crippen LogP contribution in [0.4, 0.5) is 5.82 Å². The van der Waals surface area contributed by atoms with Crippen molar-refractivity contribution in [2.24, 2.45) is 0 Å². The predicted molar refractivity (Wildman–Crippen MR) is 71.8 cm³/mol. The van der Waals surface area contributed by atoms with E-state index in [1.54, 1.807) is 0 Å². The molecule has 0 unspecified atom stereocenters. The Balaban J connectivity index is 1.93. The number of benzene rings is 1. The first-order valence-corrected chi connectivity index (χ1v) is 6.34. The molecule has 1 aromatic heterocycles. The zero-order chi connectivity index (χ0) is 12.5. The van der Waals surface area contributed by atoms with Crippen LogP contribution in [-0.2, 0) is 4.74 Å². The number of anilines is 1. The molecule has 94 valence electrons. The molecule has 1 aliphatic heterocycles. The van der Waals surface area contributed by atoms with Gasteiger partial charge in [0.1, 0.15) is 5.82 Å². The summed E-state index contributed by atoms with van der Waals surface area (Å²) < 4.78 is 5.74. The standard InChI is InChI=1S/C14H17N3O/c1-10-8-17(9-11(2)18-10)14-7-15-12-5-3-4-6-13(12)16-14/h3-7,10-11H,8-9H2,1-2H3/t10-,11+. The fourth-order valence-corrected chi connectivity index (χ4v) is 2.46. The normalized spacial score (nSPS) is 24.4. The number of aromatic nitrogens is 2. The fourth-order valence-electron chi connectivity index (χ4n) is 2.46. The van der Waals surface area contributed by atoms with Crippen LogP contribution in [0.3, 0.4) is 0 Å². The summed E-state index contributed by atoms with van der Waals surface area (Å²) in [6.45, 7) is 5.93. The maximum atomic E-state index is 5.74. The predicted octanol–water partition coefficient (Wildman–Crippen LogP) is 2.24. The summed E-state index contributed by atoms with van der Waals surface area (Å²) in [4.78, 5) is 11.4. The Kier molecular flexibility index (Phi) is 2.88. The molecule has 3 rings (SSSR count). The van der Waals surface area contributed by atoms with E-state index in [0.29, 0.717) is 0 Å². The first-order valence-electron chi connectivity index (χ1n) is 6.34. The molecule has 0 N–H and O–H groups in total. The lowest BCUT2D eigenvalue weighted by Gasteiger charge is -2.35. The summed E-state index contributed by atoms with van der Waals surface area (Å²) in [5.74, 6) is 0.940. The number of hydrogen-bond donors (Lipinski definition) is 0. The van der Waals surface area contributed by atoms with Crippen molar-refractivity contribution in [3.05, 3.63) is 30.5 Å². The SMILES string of the molecule is C[C@@H]1CN(c2cnc3ccccc3n2)C[C@H](C)O1. The smallest absolute Gasteiger partial charge is 0.148 e. The molecule has 0 radical (unpaired) electrons. The third-order valence-corrected chi connectivity index (χ3v) is 3.18.